The van der Waals surface area contributed by atoms with Crippen LogP contribution in [-0.4, -0.2) is 25.0 Å². The number of aromatic hydroxyl groups is 1. The Morgan fingerprint density at radius 3 is 2.75 bits per heavy atom. The molecule has 0 bridgehead atoms. The quantitative estimate of drug-likeness (QED) is 0.825. The Morgan fingerprint density at radius 1 is 1.17 bits per heavy atom. The van der Waals surface area contributed by atoms with E-state index in [0.29, 0.717) is 29.3 Å². The Labute approximate surface area is 143 Å². The molecule has 0 amide bonds. The first-order valence-electron chi connectivity index (χ1n) is 9.09. The first-order chi connectivity index (χ1) is 11.6. The van der Waals surface area contributed by atoms with Crippen LogP contribution < -0.4 is 4.74 Å². The van der Waals surface area contributed by atoms with Gasteiger partial charge in [0.15, 0.2) is 11.5 Å². The van der Waals surface area contributed by atoms with Crippen LogP contribution in [0.4, 0.5) is 0 Å². The lowest BCUT2D eigenvalue weighted by Crippen LogP contribution is -2.42. The number of phenolic OH excluding ortho intramolecular Hbond substituents is 1. The fraction of sp³-hybridized carbons (Fsp3) is 0.650. The van der Waals surface area contributed by atoms with Crippen molar-refractivity contribution in [2.45, 2.75) is 51.4 Å². The van der Waals surface area contributed by atoms with Crippen molar-refractivity contribution in [3.8, 4) is 11.5 Å². The fourth-order valence-electron chi connectivity index (χ4n) is 5.84. The number of nitrogens with zero attached hydrogens (tertiary/aromatic N) is 1. The molecule has 4 heteroatoms. The van der Waals surface area contributed by atoms with Gasteiger partial charge in [-0.3, -0.25) is 0 Å². The van der Waals surface area contributed by atoms with Crippen molar-refractivity contribution in [3.05, 3.63) is 23.3 Å². The predicted molar refractivity (Wildman–Crippen MR) is 93.7 cm³/mol. The van der Waals surface area contributed by atoms with E-state index in [0.717, 1.165) is 31.2 Å². The van der Waals surface area contributed by atoms with Gasteiger partial charge >= 0.3 is 0 Å². The molecule has 4 atom stereocenters. The number of methoxy groups -OCH3 is 1. The summed E-state index contributed by atoms with van der Waals surface area (Å²) in [6.45, 7) is 2.39. The van der Waals surface area contributed by atoms with Crippen LogP contribution in [0.2, 0.25) is 0 Å². The van der Waals surface area contributed by atoms with Crippen LogP contribution in [0.15, 0.2) is 17.3 Å². The molecular weight excluding hydrogens is 302 g/mol. The summed E-state index contributed by atoms with van der Waals surface area (Å²) in [5, 5.41) is 14.9. The maximum Gasteiger partial charge on any atom is 0.161 e. The van der Waals surface area contributed by atoms with E-state index in [-0.39, 0.29) is 5.41 Å². The van der Waals surface area contributed by atoms with Crippen molar-refractivity contribution in [2.24, 2.45) is 22.4 Å². The van der Waals surface area contributed by atoms with Crippen molar-refractivity contribution in [2.75, 3.05) is 14.2 Å². The standard InChI is InChI=1S/C20H27NO3/c1-20-11-10-13-12-6-8-17(23-2)19(22)15(12)5-4-14(13)16(20)7-9-18(20)21-24-3/h6,8,13-14,16,22H,4-5,7,9-11H2,1-3H3/b21-18+/t13-,14-,16+,20+/m1/s1. The molecule has 3 aliphatic carbocycles. The molecule has 0 heterocycles. The van der Waals surface area contributed by atoms with Crippen LogP contribution in [-0.2, 0) is 11.3 Å². The van der Waals surface area contributed by atoms with Gasteiger partial charge in [-0.1, -0.05) is 18.1 Å². The van der Waals surface area contributed by atoms with Gasteiger partial charge in [-0.25, -0.2) is 0 Å². The lowest BCUT2D eigenvalue weighted by atomic mass is 9.55. The highest BCUT2D eigenvalue weighted by Crippen LogP contribution is 2.60. The summed E-state index contributed by atoms with van der Waals surface area (Å²) in [7, 11) is 3.27. The first kappa shape index (κ1) is 15.8. The highest BCUT2D eigenvalue weighted by atomic mass is 16.6. The minimum Gasteiger partial charge on any atom is -0.504 e. The van der Waals surface area contributed by atoms with Gasteiger partial charge in [0.2, 0.25) is 0 Å². The number of hydrogen-bond donors (Lipinski definition) is 1. The molecule has 3 aliphatic rings. The average Bonchev–Trinajstić information content (AvgIpc) is 2.92. The van der Waals surface area contributed by atoms with E-state index in [4.69, 9.17) is 9.57 Å². The van der Waals surface area contributed by atoms with Gasteiger partial charge in [-0.15, -0.1) is 0 Å². The lowest BCUT2D eigenvalue weighted by molar-refractivity contribution is 0.0919. The molecule has 0 aromatic heterocycles. The van der Waals surface area contributed by atoms with Gasteiger partial charge in [0.1, 0.15) is 7.11 Å². The number of rotatable bonds is 2. The van der Waals surface area contributed by atoms with Crippen molar-refractivity contribution >= 4 is 5.71 Å². The van der Waals surface area contributed by atoms with E-state index < -0.39 is 0 Å². The Balaban J connectivity index is 1.70. The Morgan fingerprint density at radius 2 is 2.00 bits per heavy atom. The van der Waals surface area contributed by atoms with Gasteiger partial charge in [-0.2, -0.15) is 0 Å². The van der Waals surface area contributed by atoms with Gasteiger partial charge in [-0.05, 0) is 67.9 Å². The summed E-state index contributed by atoms with van der Waals surface area (Å²) >= 11 is 0. The third-order valence-corrected chi connectivity index (χ3v) is 7.01. The summed E-state index contributed by atoms with van der Waals surface area (Å²) in [6, 6.07) is 4.11. The van der Waals surface area contributed by atoms with Crippen LogP contribution in [0.3, 0.4) is 0 Å². The van der Waals surface area contributed by atoms with Crippen LogP contribution in [0.1, 0.15) is 56.1 Å². The average molecular weight is 329 g/mol. The number of benzene rings is 1. The number of phenols is 1. The van der Waals surface area contributed by atoms with E-state index in [1.165, 1.54) is 24.1 Å². The minimum atomic E-state index is 0.198. The molecule has 1 N–H and O–H groups in total. The van der Waals surface area contributed by atoms with Crippen LogP contribution >= 0.6 is 0 Å². The maximum absolute atomic E-state index is 10.5. The molecule has 0 unspecified atom stereocenters. The molecule has 24 heavy (non-hydrogen) atoms. The molecular formula is C20H27NO3. The van der Waals surface area contributed by atoms with Crippen molar-refractivity contribution < 1.29 is 14.7 Å². The molecule has 0 aliphatic heterocycles. The van der Waals surface area contributed by atoms with E-state index >= 15 is 0 Å². The Hall–Kier alpha value is -1.71. The van der Waals surface area contributed by atoms with Crippen LogP contribution in [0, 0.1) is 17.3 Å². The zero-order valence-electron chi connectivity index (χ0n) is 14.8. The third kappa shape index (κ3) is 2.08. The van der Waals surface area contributed by atoms with Crippen LogP contribution in [0.25, 0.3) is 0 Å². The first-order valence-corrected chi connectivity index (χ1v) is 9.09. The number of oxime groups is 1. The molecule has 0 spiro atoms. The molecule has 1 aromatic carbocycles. The summed E-state index contributed by atoms with van der Waals surface area (Å²) < 4.78 is 5.29. The van der Waals surface area contributed by atoms with E-state index in [2.05, 4.69) is 18.1 Å². The molecule has 0 saturated heterocycles. The number of ether oxygens (including phenoxy) is 1. The summed E-state index contributed by atoms with van der Waals surface area (Å²) in [5.74, 6) is 2.89. The molecule has 2 fully saturated rings. The predicted octanol–water partition coefficient (Wildman–Crippen LogP) is 4.26. The van der Waals surface area contributed by atoms with E-state index in [1.807, 2.05) is 6.07 Å². The second-order valence-corrected chi connectivity index (χ2v) is 7.82. The topological polar surface area (TPSA) is 51.0 Å². The molecule has 130 valence electrons. The Kier molecular flexibility index (Phi) is 3.74. The monoisotopic (exact) mass is 329 g/mol. The second-order valence-electron chi connectivity index (χ2n) is 7.82. The van der Waals surface area contributed by atoms with Gasteiger partial charge in [0.25, 0.3) is 0 Å². The lowest BCUT2D eigenvalue weighted by Gasteiger charge is -2.49. The smallest absolute Gasteiger partial charge is 0.161 e. The van der Waals surface area contributed by atoms with Gasteiger partial charge in [0, 0.05) is 11.0 Å². The third-order valence-electron chi connectivity index (χ3n) is 7.01. The molecule has 1 aromatic rings. The van der Waals surface area contributed by atoms with Crippen molar-refractivity contribution in [1.82, 2.24) is 0 Å². The zero-order chi connectivity index (χ0) is 16.9. The summed E-state index contributed by atoms with van der Waals surface area (Å²) in [6.07, 6.45) is 6.71. The maximum atomic E-state index is 10.5. The van der Waals surface area contributed by atoms with Crippen LogP contribution in [0.5, 0.6) is 11.5 Å². The summed E-state index contributed by atoms with van der Waals surface area (Å²) in [5.41, 5.74) is 3.92. The zero-order valence-corrected chi connectivity index (χ0v) is 14.8. The normalized spacial score (nSPS) is 36.0. The largest absolute Gasteiger partial charge is 0.504 e. The van der Waals surface area contributed by atoms with Crippen molar-refractivity contribution in [3.63, 3.8) is 0 Å². The molecule has 0 radical (unpaired) electrons. The highest BCUT2D eigenvalue weighted by molar-refractivity contribution is 5.92. The highest BCUT2D eigenvalue weighted by Gasteiger charge is 2.54. The Bertz CT molecular complexity index is 684. The second kappa shape index (κ2) is 5.68. The molecule has 4 rings (SSSR count). The fourth-order valence-corrected chi connectivity index (χ4v) is 5.84. The summed E-state index contributed by atoms with van der Waals surface area (Å²) in [4.78, 5) is 5.11. The molecule has 4 nitrogen and oxygen atoms in total. The SMILES string of the molecule is CO/N=C1\CC[C@H]2[C@@H]3CCc4c(ccc(OC)c4O)[C@H]3CC[C@]12C. The minimum absolute atomic E-state index is 0.198. The van der Waals surface area contributed by atoms with E-state index in [1.54, 1.807) is 14.2 Å². The van der Waals surface area contributed by atoms with Gasteiger partial charge in [0.05, 0.1) is 12.8 Å². The van der Waals surface area contributed by atoms with Crippen molar-refractivity contribution in [1.29, 1.82) is 0 Å². The molecule has 2 saturated carbocycles. The van der Waals surface area contributed by atoms with Gasteiger partial charge < -0.3 is 14.7 Å². The number of fused-ring (bicyclic) bond motifs is 5. The number of hydrogen-bond acceptors (Lipinski definition) is 4. The van der Waals surface area contributed by atoms with E-state index in [9.17, 15) is 5.11 Å².